The van der Waals surface area contributed by atoms with Gasteiger partial charge in [0.25, 0.3) is 5.91 Å². The summed E-state index contributed by atoms with van der Waals surface area (Å²) in [5.41, 5.74) is 5.82. The van der Waals surface area contributed by atoms with Gasteiger partial charge < -0.3 is 9.47 Å². The van der Waals surface area contributed by atoms with Crippen LogP contribution < -0.4 is 14.9 Å². The van der Waals surface area contributed by atoms with E-state index in [4.69, 9.17) is 9.47 Å². The smallest absolute Gasteiger partial charge is 0.255 e. The Bertz CT molecular complexity index is 1320. The van der Waals surface area contributed by atoms with Crippen LogP contribution in [-0.4, -0.2) is 45.1 Å². The lowest BCUT2D eigenvalue weighted by atomic mass is 10.1. The second kappa shape index (κ2) is 12.3. The molecule has 0 unspecified atom stereocenters. The van der Waals surface area contributed by atoms with Crippen molar-refractivity contribution < 1.29 is 22.7 Å². The normalized spacial score (nSPS) is 11.6. The molecule has 190 valence electrons. The molecule has 36 heavy (non-hydrogen) atoms. The highest BCUT2D eigenvalue weighted by molar-refractivity contribution is 7.89. The second-order valence-electron chi connectivity index (χ2n) is 8.21. The van der Waals surface area contributed by atoms with Crippen LogP contribution in [0.25, 0.3) is 0 Å². The van der Waals surface area contributed by atoms with Crippen LogP contribution in [-0.2, 0) is 21.4 Å². The molecule has 8 nitrogen and oxygen atoms in total. The summed E-state index contributed by atoms with van der Waals surface area (Å²) in [7, 11) is -2.39. The lowest BCUT2D eigenvalue weighted by molar-refractivity contribution is -0.121. The number of hydrazone groups is 1. The number of carbonyl (C=O) groups is 1. The largest absolute Gasteiger partial charge is 0.493 e. The predicted octanol–water partition coefficient (Wildman–Crippen LogP) is 4.05. The van der Waals surface area contributed by atoms with Gasteiger partial charge in [-0.3, -0.25) is 4.79 Å². The van der Waals surface area contributed by atoms with Gasteiger partial charge in [0, 0.05) is 6.54 Å². The van der Waals surface area contributed by atoms with Crippen LogP contribution in [0.1, 0.15) is 29.2 Å². The first-order chi connectivity index (χ1) is 17.2. The zero-order valence-corrected chi connectivity index (χ0v) is 21.7. The Morgan fingerprint density at radius 2 is 1.75 bits per heavy atom. The fourth-order valence-electron chi connectivity index (χ4n) is 3.51. The second-order valence-corrected chi connectivity index (χ2v) is 10.1. The fourth-order valence-corrected chi connectivity index (χ4v) is 4.90. The van der Waals surface area contributed by atoms with Crippen molar-refractivity contribution in [3.63, 3.8) is 0 Å². The number of carbonyl (C=O) groups excluding carboxylic acids is 1. The lowest BCUT2D eigenvalue weighted by Crippen LogP contribution is -2.39. The molecule has 1 amide bonds. The van der Waals surface area contributed by atoms with Crippen molar-refractivity contribution in [2.24, 2.45) is 5.10 Å². The summed E-state index contributed by atoms with van der Waals surface area (Å²) >= 11 is 0. The molecule has 3 aromatic carbocycles. The molecule has 1 N–H and O–H groups in total. The van der Waals surface area contributed by atoms with E-state index < -0.39 is 22.5 Å². The molecule has 0 aromatic heterocycles. The summed E-state index contributed by atoms with van der Waals surface area (Å²) in [4.78, 5) is 12.8. The molecule has 0 aliphatic rings. The van der Waals surface area contributed by atoms with Crippen LogP contribution >= 0.6 is 0 Å². The van der Waals surface area contributed by atoms with Crippen molar-refractivity contribution in [3.05, 3.63) is 89.0 Å². The molecule has 0 aliphatic carbocycles. The standard InChI is InChI=1S/C27H31N3O5S/c1-5-35-25-14-11-22(16-26(25)34-4)17-28-29-27(31)19-30(18-23-8-6-7-21(3)15-23)36(32,33)24-12-9-20(2)10-13-24/h6-17H,5,18-19H2,1-4H3,(H,29,31)/b28-17-. The topological polar surface area (TPSA) is 97.3 Å². The molecule has 9 heteroatoms. The van der Waals surface area contributed by atoms with Gasteiger partial charge in [-0.05, 0) is 62.2 Å². The van der Waals surface area contributed by atoms with E-state index in [0.29, 0.717) is 23.7 Å². The van der Waals surface area contributed by atoms with Gasteiger partial charge in [0.15, 0.2) is 11.5 Å². The summed E-state index contributed by atoms with van der Waals surface area (Å²) < 4.78 is 38.8. The van der Waals surface area contributed by atoms with Gasteiger partial charge in [-0.1, -0.05) is 47.5 Å². The van der Waals surface area contributed by atoms with Crippen molar-refractivity contribution >= 4 is 22.1 Å². The molecule has 3 aromatic rings. The minimum absolute atomic E-state index is 0.0467. The van der Waals surface area contributed by atoms with E-state index in [9.17, 15) is 13.2 Å². The van der Waals surface area contributed by atoms with Crippen LogP contribution in [0.3, 0.4) is 0 Å². The van der Waals surface area contributed by atoms with E-state index in [1.807, 2.05) is 45.0 Å². The number of methoxy groups -OCH3 is 1. The van der Waals surface area contributed by atoms with E-state index >= 15 is 0 Å². The Morgan fingerprint density at radius 3 is 2.42 bits per heavy atom. The van der Waals surface area contributed by atoms with Gasteiger partial charge in [-0.25, -0.2) is 13.8 Å². The first kappa shape index (κ1) is 26.9. The average Bonchev–Trinajstić information content (AvgIpc) is 2.85. The van der Waals surface area contributed by atoms with E-state index in [-0.39, 0.29) is 11.4 Å². The Morgan fingerprint density at radius 1 is 1.00 bits per heavy atom. The SMILES string of the molecule is CCOc1ccc(/C=N\NC(=O)CN(Cc2cccc(C)c2)S(=O)(=O)c2ccc(C)cc2)cc1OC. The highest BCUT2D eigenvalue weighted by atomic mass is 32.2. The number of hydrogen-bond acceptors (Lipinski definition) is 6. The number of aryl methyl sites for hydroxylation is 2. The van der Waals surface area contributed by atoms with Gasteiger partial charge >= 0.3 is 0 Å². The number of nitrogens with zero attached hydrogens (tertiary/aromatic N) is 2. The molecule has 0 spiro atoms. The summed E-state index contributed by atoms with van der Waals surface area (Å²) in [5.74, 6) is 0.586. The van der Waals surface area contributed by atoms with Crippen LogP contribution in [0, 0.1) is 13.8 Å². The van der Waals surface area contributed by atoms with Crippen LogP contribution in [0.15, 0.2) is 76.7 Å². The summed E-state index contributed by atoms with van der Waals surface area (Å²) in [6, 6.07) is 19.3. The Kier molecular flexibility index (Phi) is 9.21. The van der Waals surface area contributed by atoms with Crippen molar-refractivity contribution in [1.82, 2.24) is 9.73 Å². The first-order valence-corrected chi connectivity index (χ1v) is 12.9. The zero-order valence-electron chi connectivity index (χ0n) is 20.9. The minimum atomic E-state index is -3.93. The molecule has 0 bridgehead atoms. The maximum atomic E-state index is 13.4. The van der Waals surface area contributed by atoms with Crippen LogP contribution in [0.4, 0.5) is 0 Å². The van der Waals surface area contributed by atoms with Gasteiger partial charge in [0.2, 0.25) is 10.0 Å². The quantitative estimate of drug-likeness (QED) is 0.311. The van der Waals surface area contributed by atoms with Gasteiger partial charge in [-0.2, -0.15) is 9.41 Å². The first-order valence-electron chi connectivity index (χ1n) is 11.5. The molecule has 0 saturated carbocycles. The third kappa shape index (κ3) is 7.16. The molecule has 0 atom stereocenters. The highest BCUT2D eigenvalue weighted by Gasteiger charge is 2.27. The van der Waals surface area contributed by atoms with Crippen molar-refractivity contribution in [3.8, 4) is 11.5 Å². The molecular formula is C27H31N3O5S. The number of sulfonamides is 1. The number of ether oxygens (including phenoxy) is 2. The summed E-state index contributed by atoms with van der Waals surface area (Å²) in [5, 5.41) is 3.99. The zero-order chi connectivity index (χ0) is 26.1. The number of amides is 1. The summed E-state index contributed by atoms with van der Waals surface area (Å²) in [6.07, 6.45) is 1.45. The maximum absolute atomic E-state index is 13.4. The van der Waals surface area contributed by atoms with E-state index in [0.717, 1.165) is 21.0 Å². The average molecular weight is 510 g/mol. The van der Waals surface area contributed by atoms with Crippen molar-refractivity contribution in [2.45, 2.75) is 32.2 Å². The third-order valence-electron chi connectivity index (χ3n) is 5.31. The molecule has 0 aliphatic heterocycles. The number of nitrogens with one attached hydrogen (secondary N) is 1. The Labute approximate surface area is 212 Å². The van der Waals surface area contributed by atoms with Crippen LogP contribution in [0.2, 0.25) is 0 Å². The monoisotopic (exact) mass is 509 g/mol. The Balaban J connectivity index is 1.77. The van der Waals surface area contributed by atoms with Gasteiger partial charge in [-0.15, -0.1) is 0 Å². The molecule has 0 saturated heterocycles. The number of hydrogen-bond donors (Lipinski definition) is 1. The number of rotatable bonds is 11. The molecular weight excluding hydrogens is 478 g/mol. The third-order valence-corrected chi connectivity index (χ3v) is 7.12. The van der Waals surface area contributed by atoms with Gasteiger partial charge in [0.1, 0.15) is 0 Å². The minimum Gasteiger partial charge on any atom is -0.493 e. The molecule has 3 rings (SSSR count). The maximum Gasteiger partial charge on any atom is 0.255 e. The van der Waals surface area contributed by atoms with Gasteiger partial charge in [0.05, 0.1) is 31.4 Å². The van der Waals surface area contributed by atoms with E-state index in [2.05, 4.69) is 10.5 Å². The molecule has 0 radical (unpaired) electrons. The predicted molar refractivity (Wildman–Crippen MR) is 140 cm³/mol. The van der Waals surface area contributed by atoms with E-state index in [1.165, 1.54) is 13.3 Å². The lowest BCUT2D eigenvalue weighted by Gasteiger charge is -2.22. The van der Waals surface area contributed by atoms with Crippen molar-refractivity contribution in [2.75, 3.05) is 20.3 Å². The highest BCUT2D eigenvalue weighted by Crippen LogP contribution is 2.27. The van der Waals surface area contributed by atoms with E-state index in [1.54, 1.807) is 42.5 Å². The molecule has 0 fully saturated rings. The van der Waals surface area contributed by atoms with Crippen molar-refractivity contribution in [1.29, 1.82) is 0 Å². The fraction of sp³-hybridized carbons (Fsp3) is 0.259. The molecule has 0 heterocycles. The Hall–Kier alpha value is -3.69. The van der Waals surface area contributed by atoms with Crippen LogP contribution in [0.5, 0.6) is 11.5 Å². The summed E-state index contributed by atoms with van der Waals surface area (Å²) in [6.45, 7) is 5.85. The number of benzene rings is 3.